The summed E-state index contributed by atoms with van der Waals surface area (Å²) in [4.78, 5) is 0. The first-order valence-corrected chi connectivity index (χ1v) is 8.07. The van der Waals surface area contributed by atoms with Gasteiger partial charge in [-0.2, -0.15) is 0 Å². The Morgan fingerprint density at radius 1 is 1.67 bits per heavy atom. The van der Waals surface area contributed by atoms with Crippen molar-refractivity contribution < 1.29 is 3.89 Å². The van der Waals surface area contributed by atoms with Crippen molar-refractivity contribution in [3.05, 3.63) is 0 Å². The third kappa shape index (κ3) is 5.80. The summed E-state index contributed by atoms with van der Waals surface area (Å²) in [6.07, 6.45) is 0. The minimum Gasteiger partial charge on any atom is -0.148 e. The van der Waals surface area contributed by atoms with Crippen LogP contribution < -0.4 is 0 Å². The Hall–Kier alpha value is 1.80. The van der Waals surface area contributed by atoms with Crippen LogP contribution in [0, 0.1) is 0 Å². The molecule has 0 heterocycles. The first-order valence-electron chi connectivity index (χ1n) is 0.809. The van der Waals surface area contributed by atoms with E-state index in [1.165, 1.54) is 0 Å². The summed E-state index contributed by atoms with van der Waals surface area (Å²) in [5, 5.41) is 0. The maximum absolute atomic E-state index is 11.8. The number of halogens is 2. The topological polar surface area (TPSA) is 0 Å². The smallest absolute Gasteiger partial charge is 0.124 e. The van der Waals surface area contributed by atoms with Gasteiger partial charge in [-0.3, -0.25) is 0 Å². The zero-order valence-electron chi connectivity index (χ0n) is 2.39. The van der Waals surface area contributed by atoms with Gasteiger partial charge in [0.25, 0.3) is 0 Å². The van der Waals surface area contributed by atoms with Crippen molar-refractivity contribution in [2.75, 3.05) is 0 Å². The van der Waals surface area contributed by atoms with Gasteiger partial charge in [-0.25, -0.2) is 0 Å². The molecule has 0 spiro atoms. The van der Waals surface area contributed by atoms with Gasteiger partial charge >= 0.3 is 0 Å². The maximum Gasteiger partial charge on any atom is 0.124 e. The summed E-state index contributed by atoms with van der Waals surface area (Å²) in [7, 11) is 0.898. The fourth-order valence-electron chi connectivity index (χ4n) is 0. The largest absolute Gasteiger partial charge is 0.148 e. The molecule has 6 heteroatoms. The third-order valence-corrected chi connectivity index (χ3v) is 10.8. The molecule has 0 amide bonds. The molecule has 0 N–H and O–H groups in total. The van der Waals surface area contributed by atoms with Gasteiger partial charge in [0.2, 0.25) is 0 Å². The summed E-state index contributed by atoms with van der Waals surface area (Å²) >= 11 is 10.1. The van der Waals surface area contributed by atoms with Crippen molar-refractivity contribution in [2.24, 2.45) is 0 Å². The third-order valence-electron chi connectivity index (χ3n) is 0.0752. The maximum atomic E-state index is 11.8. The van der Waals surface area contributed by atoms with Gasteiger partial charge in [0.15, 0.2) is 0 Å². The van der Waals surface area contributed by atoms with E-state index in [4.69, 9.17) is 0 Å². The number of rotatable bonds is 1. The van der Waals surface area contributed by atoms with Gasteiger partial charge in [0.05, 0.1) is 0 Å². The van der Waals surface area contributed by atoms with E-state index < -0.39 is 6.56 Å². The molecule has 0 fully saturated rings. The van der Waals surface area contributed by atoms with Crippen LogP contribution in [0.5, 0.6) is 0 Å². The van der Waals surface area contributed by atoms with Crippen LogP contribution in [0.1, 0.15) is 0 Å². The lowest BCUT2D eigenvalue weighted by Gasteiger charge is -1.81. The van der Waals surface area contributed by atoms with E-state index >= 15 is 0 Å². The van der Waals surface area contributed by atoms with E-state index in [9.17, 15) is 3.89 Å². The highest BCUT2D eigenvalue weighted by Gasteiger charge is 1.89. The summed E-state index contributed by atoms with van der Waals surface area (Å²) in [6.45, 7) is -2.59. The van der Waals surface area contributed by atoms with Gasteiger partial charge in [-0.1, -0.05) is 0 Å². The van der Waals surface area contributed by atoms with E-state index in [1.54, 1.807) is 21.2 Å². The molecule has 0 unspecified atom stereocenters. The molecule has 38 valence electrons. The van der Waals surface area contributed by atoms with E-state index in [1.807, 2.05) is 0 Å². The van der Waals surface area contributed by atoms with Gasteiger partial charge in [-0.05, 0) is 22.4 Å². The average molecular weight is 274 g/mol. The van der Waals surface area contributed by atoms with Gasteiger partial charge in [0.1, 0.15) is 6.56 Å². The van der Waals surface area contributed by atoms with Crippen molar-refractivity contribution in [1.29, 1.82) is 0 Å². The molecule has 0 aliphatic carbocycles. The minimum atomic E-state index is -2.59. The minimum absolute atomic E-state index is 0.898. The zero-order valence-corrected chi connectivity index (χ0v) is 7.81. The Morgan fingerprint density at radius 2 is 1.83 bits per heavy atom. The number of hydrogen-bond donors (Lipinski definition) is 0. The molecule has 0 aliphatic rings. The molecule has 0 bridgehead atoms. The Labute approximate surface area is 61.3 Å². The SMILES string of the molecule is FS(=S)(=S)SI. The van der Waals surface area contributed by atoms with Crippen LogP contribution in [-0.2, 0) is 28.9 Å². The van der Waals surface area contributed by atoms with Gasteiger partial charge in [-0.15, -0.1) is 3.89 Å². The Kier molecular flexibility index (Phi) is 3.84. The summed E-state index contributed by atoms with van der Waals surface area (Å²) in [6, 6.07) is 0. The summed E-state index contributed by atoms with van der Waals surface area (Å²) in [5.41, 5.74) is 0. The highest BCUT2D eigenvalue weighted by molar-refractivity contribution is 14.2. The summed E-state index contributed by atoms with van der Waals surface area (Å²) in [5.74, 6) is 0. The average Bonchev–Trinajstić information content (AvgIpc) is 1.35. The van der Waals surface area contributed by atoms with Gasteiger partial charge < -0.3 is 0 Å². The van der Waals surface area contributed by atoms with Crippen LogP contribution in [0.4, 0.5) is 3.89 Å². The van der Waals surface area contributed by atoms with Crippen molar-refractivity contribution in [3.63, 3.8) is 0 Å². The van der Waals surface area contributed by atoms with E-state index in [-0.39, 0.29) is 0 Å². The highest BCUT2D eigenvalue weighted by Crippen LogP contribution is 2.22. The first kappa shape index (κ1) is 7.80. The molecule has 6 heavy (non-hydrogen) atoms. The second-order valence-corrected chi connectivity index (χ2v) is 11.0. The molecule has 0 saturated carbocycles. The molecule has 0 radical (unpaired) electrons. The van der Waals surface area contributed by atoms with Crippen LogP contribution in [0.2, 0.25) is 0 Å². The van der Waals surface area contributed by atoms with E-state index in [0.717, 1.165) is 7.97 Å². The van der Waals surface area contributed by atoms with Crippen LogP contribution in [0.25, 0.3) is 0 Å². The first-order chi connectivity index (χ1) is 2.56. The van der Waals surface area contributed by atoms with Crippen molar-refractivity contribution in [2.45, 2.75) is 0 Å². The molecule has 0 rings (SSSR count). The molecular formula is FIS4. The number of hydrogen-bond acceptors (Lipinski definition) is 3. The molecular weight excluding hydrogens is 274 g/mol. The summed E-state index contributed by atoms with van der Waals surface area (Å²) < 4.78 is 11.8. The molecule has 0 nitrogen and oxygen atoms in total. The van der Waals surface area contributed by atoms with E-state index in [0.29, 0.717) is 0 Å². The second-order valence-electron chi connectivity index (χ2n) is 0.456. The predicted molar refractivity (Wildman–Crippen MR) is 44.8 cm³/mol. The lowest BCUT2D eigenvalue weighted by molar-refractivity contribution is 0.945. The predicted octanol–water partition coefficient (Wildman–Crippen LogP) is 1.95. The van der Waals surface area contributed by atoms with E-state index in [2.05, 4.69) is 22.4 Å². The molecule has 0 saturated heterocycles. The molecule has 0 aliphatic heterocycles. The van der Waals surface area contributed by atoms with Gasteiger partial charge in [0, 0.05) is 29.2 Å². The van der Waals surface area contributed by atoms with Crippen LogP contribution >= 0.6 is 29.2 Å². The lowest BCUT2D eigenvalue weighted by Crippen LogP contribution is -1.63. The van der Waals surface area contributed by atoms with Crippen molar-refractivity contribution >= 4 is 58.1 Å². The molecule has 0 aromatic carbocycles. The Bertz CT molecular complexity index is 110. The fraction of sp³-hybridized carbons (Fsp3) is 0. The normalized spacial score (nSPS) is 11.7. The Balaban J connectivity index is 3.85. The standard InChI is InChI=1S/FIS4/c1-6(3,4)5-2. The quantitative estimate of drug-likeness (QED) is 0.407. The highest BCUT2D eigenvalue weighted by atomic mass is 127. The van der Waals surface area contributed by atoms with Crippen molar-refractivity contribution in [3.8, 4) is 0 Å². The molecule has 0 atom stereocenters. The Morgan fingerprint density at radius 3 is 1.83 bits per heavy atom. The van der Waals surface area contributed by atoms with Crippen LogP contribution in [0.15, 0.2) is 0 Å². The zero-order chi connectivity index (χ0) is 5.21. The lowest BCUT2D eigenvalue weighted by atomic mass is 18.9. The molecule has 0 aromatic rings. The second kappa shape index (κ2) is 2.95. The van der Waals surface area contributed by atoms with Crippen LogP contribution in [0.3, 0.4) is 0 Å². The molecule has 0 aromatic heterocycles. The van der Waals surface area contributed by atoms with Crippen molar-refractivity contribution in [1.82, 2.24) is 0 Å². The monoisotopic (exact) mass is 274 g/mol. The van der Waals surface area contributed by atoms with Crippen LogP contribution in [-0.4, -0.2) is 0 Å². The fourth-order valence-corrected chi connectivity index (χ4v) is 0.